The Bertz CT molecular complexity index is 629. The summed E-state index contributed by atoms with van der Waals surface area (Å²) in [7, 11) is 1.55. The smallest absolute Gasteiger partial charge is 0.292 e. The van der Waals surface area contributed by atoms with Crippen LogP contribution in [0.15, 0.2) is 36.5 Å². The standard InChI is InChI=1S/C14H15N3O3/c1-10-3-4-12(13(7-10)17(18)19)16-9-11-5-6-15-14(8-11)20-2/h3-8,16H,9H2,1-2H3. The van der Waals surface area contributed by atoms with Crippen molar-refractivity contribution in [1.82, 2.24) is 4.98 Å². The number of aromatic nitrogens is 1. The summed E-state index contributed by atoms with van der Waals surface area (Å²) < 4.78 is 5.04. The SMILES string of the molecule is COc1cc(CNc2ccc(C)cc2[N+](=O)[O-])ccn1. The van der Waals surface area contributed by atoms with Crippen molar-refractivity contribution in [3.8, 4) is 5.88 Å². The zero-order valence-corrected chi connectivity index (χ0v) is 11.3. The van der Waals surface area contributed by atoms with E-state index < -0.39 is 0 Å². The molecule has 1 aromatic carbocycles. The number of methoxy groups -OCH3 is 1. The molecule has 0 bridgehead atoms. The van der Waals surface area contributed by atoms with Gasteiger partial charge in [-0.2, -0.15) is 0 Å². The number of benzene rings is 1. The molecule has 0 unspecified atom stereocenters. The molecule has 0 saturated heterocycles. The molecule has 6 nitrogen and oxygen atoms in total. The van der Waals surface area contributed by atoms with Crippen LogP contribution in [0, 0.1) is 17.0 Å². The molecule has 104 valence electrons. The molecule has 1 aromatic heterocycles. The maximum Gasteiger partial charge on any atom is 0.292 e. The van der Waals surface area contributed by atoms with Crippen LogP contribution in [-0.4, -0.2) is 17.0 Å². The van der Waals surface area contributed by atoms with Crippen molar-refractivity contribution in [3.05, 3.63) is 57.8 Å². The lowest BCUT2D eigenvalue weighted by atomic mass is 10.2. The van der Waals surface area contributed by atoms with E-state index in [1.165, 1.54) is 0 Å². The largest absolute Gasteiger partial charge is 0.481 e. The van der Waals surface area contributed by atoms with Crippen molar-refractivity contribution in [2.75, 3.05) is 12.4 Å². The first-order valence-corrected chi connectivity index (χ1v) is 6.08. The number of nitro groups is 1. The van der Waals surface area contributed by atoms with E-state index in [2.05, 4.69) is 10.3 Å². The molecule has 0 aliphatic rings. The molecule has 0 amide bonds. The highest BCUT2D eigenvalue weighted by Crippen LogP contribution is 2.25. The van der Waals surface area contributed by atoms with Gasteiger partial charge < -0.3 is 10.1 Å². The number of nitrogens with zero attached hydrogens (tertiary/aromatic N) is 2. The number of anilines is 1. The normalized spacial score (nSPS) is 10.1. The number of ether oxygens (including phenoxy) is 1. The highest BCUT2D eigenvalue weighted by molar-refractivity contribution is 5.62. The molecular weight excluding hydrogens is 258 g/mol. The second kappa shape index (κ2) is 6.01. The molecule has 0 radical (unpaired) electrons. The molecule has 20 heavy (non-hydrogen) atoms. The fourth-order valence-electron chi connectivity index (χ4n) is 1.81. The zero-order chi connectivity index (χ0) is 14.5. The predicted molar refractivity (Wildman–Crippen MR) is 75.9 cm³/mol. The van der Waals surface area contributed by atoms with Crippen molar-refractivity contribution in [2.24, 2.45) is 0 Å². The topological polar surface area (TPSA) is 77.3 Å². The number of rotatable bonds is 5. The number of pyridine rings is 1. The molecule has 2 aromatic rings. The predicted octanol–water partition coefficient (Wildman–Crippen LogP) is 2.92. The average molecular weight is 273 g/mol. The van der Waals surface area contributed by atoms with Gasteiger partial charge in [0, 0.05) is 24.9 Å². The van der Waals surface area contributed by atoms with Gasteiger partial charge in [0.05, 0.1) is 12.0 Å². The van der Waals surface area contributed by atoms with Gasteiger partial charge in [0.1, 0.15) is 5.69 Å². The van der Waals surface area contributed by atoms with Crippen LogP contribution in [0.5, 0.6) is 5.88 Å². The summed E-state index contributed by atoms with van der Waals surface area (Å²) in [4.78, 5) is 14.6. The quantitative estimate of drug-likeness (QED) is 0.669. The zero-order valence-electron chi connectivity index (χ0n) is 11.3. The summed E-state index contributed by atoms with van der Waals surface area (Å²) in [5, 5.41) is 14.1. The lowest BCUT2D eigenvalue weighted by molar-refractivity contribution is -0.384. The highest BCUT2D eigenvalue weighted by Gasteiger charge is 2.13. The van der Waals surface area contributed by atoms with Gasteiger partial charge in [-0.3, -0.25) is 10.1 Å². The van der Waals surface area contributed by atoms with E-state index >= 15 is 0 Å². The number of nitro benzene ring substituents is 1. The van der Waals surface area contributed by atoms with Crippen molar-refractivity contribution < 1.29 is 9.66 Å². The molecule has 0 atom stereocenters. The van der Waals surface area contributed by atoms with Gasteiger partial charge in [-0.05, 0) is 30.2 Å². The van der Waals surface area contributed by atoms with Gasteiger partial charge in [0.15, 0.2) is 0 Å². The Morgan fingerprint density at radius 2 is 2.15 bits per heavy atom. The third-order valence-electron chi connectivity index (χ3n) is 2.84. The van der Waals surface area contributed by atoms with Gasteiger partial charge in [0.2, 0.25) is 5.88 Å². The number of hydrogen-bond acceptors (Lipinski definition) is 5. The Morgan fingerprint density at radius 1 is 1.35 bits per heavy atom. The van der Waals surface area contributed by atoms with Crippen molar-refractivity contribution in [1.29, 1.82) is 0 Å². The molecule has 1 heterocycles. The van der Waals surface area contributed by atoms with Crippen molar-refractivity contribution >= 4 is 11.4 Å². The Kier molecular flexibility index (Phi) is 4.14. The Morgan fingerprint density at radius 3 is 2.85 bits per heavy atom. The minimum Gasteiger partial charge on any atom is -0.481 e. The Balaban J connectivity index is 2.16. The molecule has 6 heteroatoms. The lowest BCUT2D eigenvalue weighted by Gasteiger charge is -2.08. The van der Waals surface area contributed by atoms with E-state index in [9.17, 15) is 10.1 Å². The third kappa shape index (κ3) is 3.23. The van der Waals surface area contributed by atoms with E-state index in [0.717, 1.165) is 11.1 Å². The fraction of sp³-hybridized carbons (Fsp3) is 0.214. The number of aryl methyl sites for hydroxylation is 1. The second-order valence-corrected chi connectivity index (χ2v) is 4.34. The van der Waals surface area contributed by atoms with Crippen LogP contribution in [0.25, 0.3) is 0 Å². The summed E-state index contributed by atoms with van der Waals surface area (Å²) in [5.74, 6) is 0.516. The fourth-order valence-corrected chi connectivity index (χ4v) is 1.81. The molecule has 0 aliphatic carbocycles. The Labute approximate surface area is 116 Å². The first-order chi connectivity index (χ1) is 9.60. The average Bonchev–Trinajstić information content (AvgIpc) is 2.46. The minimum atomic E-state index is -0.386. The molecule has 0 spiro atoms. The van der Waals surface area contributed by atoms with Crippen LogP contribution >= 0.6 is 0 Å². The van der Waals surface area contributed by atoms with Crippen LogP contribution in [0.3, 0.4) is 0 Å². The van der Waals surface area contributed by atoms with Gasteiger partial charge in [0.25, 0.3) is 5.69 Å². The van der Waals surface area contributed by atoms with Gasteiger partial charge in [-0.1, -0.05) is 6.07 Å². The van der Waals surface area contributed by atoms with Gasteiger partial charge in [-0.25, -0.2) is 4.98 Å². The second-order valence-electron chi connectivity index (χ2n) is 4.34. The highest BCUT2D eigenvalue weighted by atomic mass is 16.6. The van der Waals surface area contributed by atoms with Crippen LogP contribution in [0.4, 0.5) is 11.4 Å². The maximum absolute atomic E-state index is 11.0. The molecule has 2 rings (SSSR count). The molecule has 1 N–H and O–H groups in total. The molecule has 0 fully saturated rings. The number of hydrogen-bond donors (Lipinski definition) is 1. The summed E-state index contributed by atoms with van der Waals surface area (Å²) in [5.41, 5.74) is 2.36. The van der Waals surface area contributed by atoms with E-state index in [-0.39, 0.29) is 10.6 Å². The third-order valence-corrected chi connectivity index (χ3v) is 2.84. The lowest BCUT2D eigenvalue weighted by Crippen LogP contribution is -2.03. The molecule has 0 saturated carbocycles. The van der Waals surface area contributed by atoms with Gasteiger partial charge in [-0.15, -0.1) is 0 Å². The van der Waals surface area contributed by atoms with Crippen LogP contribution < -0.4 is 10.1 Å². The molecular formula is C14H15N3O3. The first-order valence-electron chi connectivity index (χ1n) is 6.08. The van der Waals surface area contributed by atoms with Gasteiger partial charge >= 0.3 is 0 Å². The summed E-state index contributed by atoms with van der Waals surface area (Å²) in [6.45, 7) is 2.29. The van der Waals surface area contributed by atoms with E-state index in [0.29, 0.717) is 18.1 Å². The van der Waals surface area contributed by atoms with E-state index in [4.69, 9.17) is 4.74 Å². The first kappa shape index (κ1) is 13.8. The maximum atomic E-state index is 11.0. The van der Waals surface area contributed by atoms with E-state index in [1.807, 2.05) is 19.1 Å². The number of nitrogens with one attached hydrogen (secondary N) is 1. The van der Waals surface area contributed by atoms with Crippen molar-refractivity contribution in [3.63, 3.8) is 0 Å². The van der Waals surface area contributed by atoms with Crippen molar-refractivity contribution in [2.45, 2.75) is 13.5 Å². The Hall–Kier alpha value is -2.63. The molecule has 0 aliphatic heterocycles. The van der Waals surface area contributed by atoms with Crippen LogP contribution in [0.1, 0.15) is 11.1 Å². The van der Waals surface area contributed by atoms with Crippen LogP contribution in [-0.2, 0) is 6.54 Å². The summed E-state index contributed by atoms with van der Waals surface area (Å²) >= 11 is 0. The summed E-state index contributed by atoms with van der Waals surface area (Å²) in [6.07, 6.45) is 1.64. The minimum absolute atomic E-state index is 0.0750. The monoisotopic (exact) mass is 273 g/mol. The summed E-state index contributed by atoms with van der Waals surface area (Å²) in [6, 6.07) is 8.71. The van der Waals surface area contributed by atoms with Crippen LogP contribution in [0.2, 0.25) is 0 Å². The van der Waals surface area contributed by atoms with E-state index in [1.54, 1.807) is 31.5 Å².